The van der Waals surface area contributed by atoms with E-state index in [1.165, 1.54) is 4.90 Å². The van der Waals surface area contributed by atoms with E-state index in [9.17, 15) is 22.8 Å². The van der Waals surface area contributed by atoms with Gasteiger partial charge in [-0.3, -0.25) is 24.0 Å². The summed E-state index contributed by atoms with van der Waals surface area (Å²) >= 11 is 1.16. The third-order valence-electron chi connectivity index (χ3n) is 5.82. The van der Waals surface area contributed by atoms with Crippen molar-refractivity contribution in [1.82, 2.24) is 9.88 Å². The number of nitrogens with one attached hydrogen (secondary N) is 1. The quantitative estimate of drug-likeness (QED) is 0.503. The molecule has 12 heteroatoms. The normalized spacial score (nSPS) is 15.2. The summed E-state index contributed by atoms with van der Waals surface area (Å²) in [5, 5.41) is 0.165. The maximum absolute atomic E-state index is 12.7. The number of likely N-dealkylation sites (N-methyl/N-ethyl adjacent to an activating group) is 1. The van der Waals surface area contributed by atoms with Crippen molar-refractivity contribution < 1.29 is 27.5 Å². The molecule has 1 N–H and O–H groups in total. The first kappa shape index (κ1) is 23.0. The van der Waals surface area contributed by atoms with Gasteiger partial charge < -0.3 is 9.64 Å². The van der Waals surface area contributed by atoms with E-state index < -0.39 is 27.6 Å². The molecule has 10 nitrogen and oxygen atoms in total. The molecule has 35 heavy (non-hydrogen) atoms. The highest BCUT2D eigenvalue weighted by atomic mass is 32.2. The molecule has 0 bridgehead atoms. The van der Waals surface area contributed by atoms with Crippen LogP contribution in [0.5, 0.6) is 5.75 Å². The zero-order chi connectivity index (χ0) is 24.9. The number of carbonyl (C=O) groups excluding carboxylic acids is 3. The summed E-state index contributed by atoms with van der Waals surface area (Å²) in [6.45, 7) is 1.52. The van der Waals surface area contributed by atoms with Gasteiger partial charge >= 0.3 is 0 Å². The van der Waals surface area contributed by atoms with Gasteiger partial charge in [-0.15, -0.1) is 11.3 Å². The van der Waals surface area contributed by atoms with E-state index in [0.29, 0.717) is 22.7 Å². The van der Waals surface area contributed by atoms with E-state index in [4.69, 9.17) is 4.74 Å². The number of fused-ring (bicyclic) bond motifs is 2. The molecule has 3 amide bonds. The SMILES string of the molecule is Cc1sc(NS(=O)(=O)CCN2C(=O)c3ccccc3C2=O)nc1-c1ccc2c(c1)N(C)C(=O)CO2. The van der Waals surface area contributed by atoms with Gasteiger partial charge in [0, 0.05) is 24.0 Å². The van der Waals surface area contributed by atoms with Crippen LogP contribution in [0.25, 0.3) is 11.3 Å². The fraction of sp³-hybridized carbons (Fsp3) is 0.217. The number of hydrogen-bond acceptors (Lipinski definition) is 8. The van der Waals surface area contributed by atoms with Crippen LogP contribution < -0.4 is 14.4 Å². The number of hydrogen-bond donors (Lipinski definition) is 1. The zero-order valence-electron chi connectivity index (χ0n) is 18.8. The van der Waals surface area contributed by atoms with Crippen LogP contribution in [0.4, 0.5) is 10.8 Å². The van der Waals surface area contributed by atoms with Crippen LogP contribution in [-0.4, -0.2) is 62.0 Å². The van der Waals surface area contributed by atoms with Crippen molar-refractivity contribution >= 4 is 49.9 Å². The Kier molecular flexibility index (Phi) is 5.56. The van der Waals surface area contributed by atoms with Gasteiger partial charge in [0.05, 0.1) is 28.3 Å². The van der Waals surface area contributed by atoms with Gasteiger partial charge in [0.1, 0.15) is 5.75 Å². The van der Waals surface area contributed by atoms with E-state index in [-0.39, 0.29) is 35.3 Å². The maximum atomic E-state index is 12.7. The number of imide groups is 1. The summed E-state index contributed by atoms with van der Waals surface area (Å²) in [6, 6.07) is 11.7. The van der Waals surface area contributed by atoms with E-state index in [2.05, 4.69) is 9.71 Å². The summed E-state index contributed by atoms with van der Waals surface area (Å²) in [5.74, 6) is -1.06. The molecule has 2 aliphatic rings. The van der Waals surface area contributed by atoms with Gasteiger partial charge in [0.25, 0.3) is 17.7 Å². The van der Waals surface area contributed by atoms with Gasteiger partial charge in [0.2, 0.25) is 10.0 Å². The Morgan fingerprint density at radius 2 is 1.77 bits per heavy atom. The highest BCUT2D eigenvalue weighted by Gasteiger charge is 2.35. The predicted octanol–water partition coefficient (Wildman–Crippen LogP) is 2.51. The standard InChI is InChI=1S/C23H20N4O6S2/c1-13-20(14-7-8-18-17(11-14)26(2)19(28)12-33-18)24-23(34-13)25-35(31,32)10-9-27-21(29)15-5-3-4-6-16(15)22(27)30/h3-8,11H,9-10,12H2,1-2H3,(H,24,25). The number of nitrogens with zero attached hydrogens (tertiary/aromatic N) is 3. The number of thiazole rings is 1. The fourth-order valence-corrected chi connectivity index (χ4v) is 6.04. The second-order valence-electron chi connectivity index (χ2n) is 8.08. The second kappa shape index (κ2) is 8.47. The van der Waals surface area contributed by atoms with Crippen LogP contribution in [0.2, 0.25) is 0 Å². The first-order chi connectivity index (χ1) is 16.6. The van der Waals surface area contributed by atoms with Gasteiger partial charge in [-0.25, -0.2) is 13.4 Å². The first-order valence-electron chi connectivity index (χ1n) is 10.6. The molecular formula is C23H20N4O6S2. The number of amides is 3. The summed E-state index contributed by atoms with van der Waals surface area (Å²) in [5.41, 5.74) is 2.42. The van der Waals surface area contributed by atoms with E-state index in [0.717, 1.165) is 21.1 Å². The van der Waals surface area contributed by atoms with E-state index in [1.807, 2.05) is 6.92 Å². The molecule has 0 radical (unpaired) electrons. The lowest BCUT2D eigenvalue weighted by Gasteiger charge is -2.26. The summed E-state index contributed by atoms with van der Waals surface area (Å²) in [4.78, 5) is 44.6. The third kappa shape index (κ3) is 4.15. The van der Waals surface area contributed by atoms with Crippen molar-refractivity contribution in [2.75, 3.05) is 35.6 Å². The molecule has 0 spiro atoms. The van der Waals surface area contributed by atoms with Crippen LogP contribution in [0.1, 0.15) is 25.6 Å². The molecule has 5 rings (SSSR count). The number of ether oxygens (including phenoxy) is 1. The summed E-state index contributed by atoms with van der Waals surface area (Å²) in [6.07, 6.45) is 0. The molecule has 1 aromatic heterocycles. The Labute approximate surface area is 205 Å². The third-order valence-corrected chi connectivity index (χ3v) is 8.06. The highest BCUT2D eigenvalue weighted by Crippen LogP contribution is 2.38. The molecule has 0 saturated carbocycles. The lowest BCUT2D eigenvalue weighted by Crippen LogP contribution is -2.35. The van der Waals surface area contributed by atoms with Crippen LogP contribution in [-0.2, 0) is 14.8 Å². The smallest absolute Gasteiger partial charge is 0.264 e. The predicted molar refractivity (Wildman–Crippen MR) is 130 cm³/mol. The molecule has 2 aromatic carbocycles. The largest absolute Gasteiger partial charge is 0.482 e. The van der Waals surface area contributed by atoms with Crippen molar-refractivity contribution in [3.63, 3.8) is 0 Å². The van der Waals surface area contributed by atoms with Gasteiger partial charge in [0.15, 0.2) is 11.7 Å². The Bertz CT molecular complexity index is 1460. The molecule has 0 atom stereocenters. The Morgan fingerprint density at radius 1 is 1.09 bits per heavy atom. The lowest BCUT2D eigenvalue weighted by molar-refractivity contribution is -0.120. The van der Waals surface area contributed by atoms with Crippen molar-refractivity contribution in [1.29, 1.82) is 0 Å². The van der Waals surface area contributed by atoms with E-state index >= 15 is 0 Å². The average molecular weight is 513 g/mol. The number of carbonyl (C=O) groups is 3. The second-order valence-corrected chi connectivity index (χ2v) is 11.1. The summed E-state index contributed by atoms with van der Waals surface area (Å²) < 4.78 is 33.3. The monoisotopic (exact) mass is 512 g/mol. The van der Waals surface area contributed by atoms with Gasteiger partial charge in [-0.05, 0) is 37.3 Å². The number of aromatic nitrogens is 1. The van der Waals surface area contributed by atoms with Crippen molar-refractivity contribution in [2.45, 2.75) is 6.92 Å². The first-order valence-corrected chi connectivity index (χ1v) is 13.1. The summed E-state index contributed by atoms with van der Waals surface area (Å²) in [7, 11) is -2.23. The van der Waals surface area contributed by atoms with Crippen molar-refractivity contribution in [3.05, 3.63) is 58.5 Å². The molecule has 2 aliphatic heterocycles. The van der Waals surface area contributed by atoms with Crippen LogP contribution >= 0.6 is 11.3 Å². The Hall–Kier alpha value is -3.77. The fourth-order valence-electron chi connectivity index (χ4n) is 3.97. The topological polar surface area (TPSA) is 126 Å². The van der Waals surface area contributed by atoms with Crippen LogP contribution in [0, 0.1) is 6.92 Å². The molecule has 180 valence electrons. The molecule has 0 aliphatic carbocycles. The minimum Gasteiger partial charge on any atom is -0.482 e. The van der Waals surface area contributed by atoms with E-state index in [1.54, 1.807) is 49.5 Å². The van der Waals surface area contributed by atoms with Crippen molar-refractivity contribution in [3.8, 4) is 17.0 Å². The maximum Gasteiger partial charge on any atom is 0.264 e. The number of benzene rings is 2. The molecular weight excluding hydrogens is 492 g/mol. The number of rotatable bonds is 6. The lowest BCUT2D eigenvalue weighted by atomic mass is 10.1. The van der Waals surface area contributed by atoms with Crippen molar-refractivity contribution in [2.24, 2.45) is 0 Å². The van der Waals surface area contributed by atoms with Gasteiger partial charge in [-0.1, -0.05) is 12.1 Å². The molecule has 3 aromatic rings. The molecule has 0 fully saturated rings. The van der Waals surface area contributed by atoms with Crippen LogP contribution in [0.15, 0.2) is 42.5 Å². The highest BCUT2D eigenvalue weighted by molar-refractivity contribution is 7.92. The molecule has 3 heterocycles. The number of sulfonamides is 1. The Balaban J connectivity index is 1.31. The van der Waals surface area contributed by atoms with Gasteiger partial charge in [-0.2, -0.15) is 0 Å². The Morgan fingerprint density at radius 3 is 2.46 bits per heavy atom. The minimum absolute atomic E-state index is 0.0226. The average Bonchev–Trinajstić information content (AvgIpc) is 3.31. The number of anilines is 2. The zero-order valence-corrected chi connectivity index (χ0v) is 20.4. The van der Waals surface area contributed by atoms with Crippen LogP contribution in [0.3, 0.4) is 0 Å². The molecule has 0 unspecified atom stereocenters. The minimum atomic E-state index is -3.89. The number of aryl methyl sites for hydroxylation is 1. The molecule has 0 saturated heterocycles.